The third-order valence-electron chi connectivity index (χ3n) is 3.64. The van der Waals surface area contributed by atoms with E-state index in [0.29, 0.717) is 27.8 Å². The summed E-state index contributed by atoms with van der Waals surface area (Å²) < 4.78 is 0. The van der Waals surface area contributed by atoms with E-state index in [1.807, 2.05) is 19.2 Å². The Hall–Kier alpha value is -2.08. The lowest BCUT2D eigenvalue weighted by Crippen LogP contribution is -3.08. The van der Waals surface area contributed by atoms with E-state index >= 15 is 0 Å². The van der Waals surface area contributed by atoms with Crippen LogP contribution in [0.4, 0.5) is 5.69 Å². The van der Waals surface area contributed by atoms with Crippen molar-refractivity contribution in [2.75, 3.05) is 26.0 Å². The van der Waals surface area contributed by atoms with Gasteiger partial charge in [-0.3, -0.25) is 9.59 Å². The van der Waals surface area contributed by atoms with Crippen LogP contribution in [0.15, 0.2) is 42.5 Å². The molecule has 2 amide bonds. The fourth-order valence-electron chi connectivity index (χ4n) is 2.40. The molecular formula is C18H20Cl2N3O2+. The molecule has 0 aliphatic heterocycles. The van der Waals surface area contributed by atoms with Crippen LogP contribution in [-0.2, 0) is 11.3 Å². The lowest BCUT2D eigenvalue weighted by molar-refractivity contribution is -0.885. The molecule has 2 aromatic carbocycles. The number of benzene rings is 2. The van der Waals surface area contributed by atoms with Crippen molar-refractivity contribution in [1.82, 2.24) is 5.32 Å². The van der Waals surface area contributed by atoms with Gasteiger partial charge in [0.1, 0.15) is 6.54 Å². The molecule has 0 bridgehead atoms. The minimum absolute atomic E-state index is 0.122. The molecule has 0 radical (unpaired) electrons. The third-order valence-corrected chi connectivity index (χ3v) is 4.27. The molecule has 0 fully saturated rings. The molecule has 5 nitrogen and oxygen atoms in total. The van der Waals surface area contributed by atoms with E-state index < -0.39 is 0 Å². The van der Waals surface area contributed by atoms with E-state index in [1.54, 1.807) is 37.4 Å². The molecule has 0 aliphatic carbocycles. The van der Waals surface area contributed by atoms with Crippen LogP contribution < -0.4 is 15.5 Å². The molecule has 1 unspecified atom stereocenters. The average Bonchev–Trinajstić information content (AvgIpc) is 2.58. The summed E-state index contributed by atoms with van der Waals surface area (Å²) >= 11 is 12.1. The Kier molecular flexibility index (Phi) is 6.82. The zero-order valence-corrected chi connectivity index (χ0v) is 15.5. The molecule has 2 aromatic rings. The van der Waals surface area contributed by atoms with Gasteiger partial charge in [-0.05, 0) is 24.3 Å². The fourth-order valence-corrected chi connectivity index (χ4v) is 2.90. The smallest absolute Gasteiger partial charge is 0.279 e. The third kappa shape index (κ3) is 5.46. The Balaban J connectivity index is 1.92. The van der Waals surface area contributed by atoms with Crippen LogP contribution >= 0.6 is 23.2 Å². The van der Waals surface area contributed by atoms with Gasteiger partial charge < -0.3 is 15.5 Å². The number of quaternary nitrogens is 1. The van der Waals surface area contributed by atoms with Gasteiger partial charge >= 0.3 is 0 Å². The van der Waals surface area contributed by atoms with Crippen molar-refractivity contribution in [3.05, 3.63) is 63.6 Å². The number of rotatable bonds is 6. The van der Waals surface area contributed by atoms with E-state index in [-0.39, 0.29) is 18.4 Å². The lowest BCUT2D eigenvalue weighted by atomic mass is 10.1. The molecule has 1 atom stereocenters. The van der Waals surface area contributed by atoms with Crippen molar-refractivity contribution < 1.29 is 14.5 Å². The Bertz CT molecular complexity index is 743. The van der Waals surface area contributed by atoms with E-state index in [0.717, 1.165) is 10.5 Å². The second-order valence-electron chi connectivity index (χ2n) is 5.73. The van der Waals surface area contributed by atoms with E-state index in [4.69, 9.17) is 23.2 Å². The molecule has 0 aliphatic rings. The first-order chi connectivity index (χ1) is 11.9. The molecule has 3 N–H and O–H groups in total. The van der Waals surface area contributed by atoms with Crippen LogP contribution in [0.1, 0.15) is 15.9 Å². The SMILES string of the molecule is CNC(=O)c1ccc(C[NH+](C)CC(=O)Nc2c(Cl)cccc2Cl)cc1. The highest BCUT2D eigenvalue weighted by molar-refractivity contribution is 6.39. The summed E-state index contributed by atoms with van der Waals surface area (Å²) in [5.41, 5.74) is 2.07. The number of nitrogens with one attached hydrogen (secondary N) is 3. The summed E-state index contributed by atoms with van der Waals surface area (Å²) in [6.45, 7) is 0.913. The van der Waals surface area contributed by atoms with Crippen LogP contribution in [0.3, 0.4) is 0 Å². The van der Waals surface area contributed by atoms with Gasteiger partial charge in [0.2, 0.25) is 0 Å². The average molecular weight is 381 g/mol. The van der Waals surface area contributed by atoms with Gasteiger partial charge in [-0.2, -0.15) is 0 Å². The molecule has 0 saturated heterocycles. The van der Waals surface area contributed by atoms with Gasteiger partial charge in [-0.1, -0.05) is 41.4 Å². The Morgan fingerprint density at radius 3 is 2.20 bits per heavy atom. The van der Waals surface area contributed by atoms with Crippen LogP contribution in [-0.4, -0.2) is 32.5 Å². The van der Waals surface area contributed by atoms with Gasteiger partial charge in [-0.15, -0.1) is 0 Å². The molecule has 0 spiro atoms. The summed E-state index contributed by atoms with van der Waals surface area (Å²) in [7, 11) is 3.51. The molecule has 0 heterocycles. The Morgan fingerprint density at radius 2 is 1.64 bits per heavy atom. The maximum atomic E-state index is 12.2. The number of amides is 2. The molecule has 25 heavy (non-hydrogen) atoms. The second kappa shape index (κ2) is 8.85. The Labute approximate surface area is 156 Å². The van der Waals surface area contributed by atoms with Crippen molar-refractivity contribution in [1.29, 1.82) is 0 Å². The van der Waals surface area contributed by atoms with Gasteiger partial charge in [0.25, 0.3) is 11.8 Å². The number of hydrogen-bond acceptors (Lipinski definition) is 2. The highest BCUT2D eigenvalue weighted by Crippen LogP contribution is 2.29. The quantitative estimate of drug-likeness (QED) is 0.717. The van der Waals surface area contributed by atoms with Crippen molar-refractivity contribution in [2.45, 2.75) is 6.54 Å². The van der Waals surface area contributed by atoms with Crippen molar-refractivity contribution in [3.8, 4) is 0 Å². The molecule has 0 saturated carbocycles. The molecule has 7 heteroatoms. The van der Waals surface area contributed by atoms with Crippen molar-refractivity contribution in [3.63, 3.8) is 0 Å². The van der Waals surface area contributed by atoms with Gasteiger partial charge in [-0.25, -0.2) is 0 Å². The first-order valence-electron chi connectivity index (χ1n) is 7.77. The van der Waals surface area contributed by atoms with Crippen LogP contribution in [0.5, 0.6) is 0 Å². The maximum Gasteiger partial charge on any atom is 0.279 e. The summed E-state index contributed by atoms with van der Waals surface area (Å²) in [6, 6.07) is 12.4. The summed E-state index contributed by atoms with van der Waals surface area (Å²) in [6.07, 6.45) is 0. The Morgan fingerprint density at radius 1 is 1.04 bits per heavy atom. The van der Waals surface area contributed by atoms with E-state index in [2.05, 4.69) is 10.6 Å². The zero-order chi connectivity index (χ0) is 18.4. The molecular weight excluding hydrogens is 361 g/mol. The first-order valence-corrected chi connectivity index (χ1v) is 8.52. The number of para-hydroxylation sites is 1. The normalized spacial score (nSPS) is 11.7. The number of hydrogen-bond donors (Lipinski definition) is 3. The lowest BCUT2D eigenvalue weighted by Gasteiger charge is -2.15. The summed E-state index contributed by atoms with van der Waals surface area (Å²) in [5.74, 6) is -0.294. The van der Waals surface area contributed by atoms with Gasteiger partial charge in [0.15, 0.2) is 6.54 Å². The summed E-state index contributed by atoms with van der Waals surface area (Å²) in [4.78, 5) is 24.7. The van der Waals surface area contributed by atoms with Crippen molar-refractivity contribution in [2.24, 2.45) is 0 Å². The number of halogens is 2. The standard InChI is InChI=1S/C18H19Cl2N3O2/c1-21-18(25)13-8-6-12(7-9-13)10-23(2)11-16(24)22-17-14(19)4-3-5-15(17)20/h3-9H,10-11H2,1-2H3,(H,21,25)(H,22,24)/p+1. The molecule has 2 rings (SSSR count). The number of carbonyl (C=O) groups excluding carboxylic acids is 2. The number of anilines is 1. The molecule has 132 valence electrons. The predicted molar refractivity (Wildman–Crippen MR) is 100 cm³/mol. The van der Waals surface area contributed by atoms with Gasteiger partial charge in [0, 0.05) is 18.2 Å². The van der Waals surface area contributed by atoms with E-state index in [1.165, 1.54) is 0 Å². The van der Waals surface area contributed by atoms with Crippen LogP contribution in [0, 0.1) is 0 Å². The second-order valence-corrected chi connectivity index (χ2v) is 6.55. The maximum absolute atomic E-state index is 12.2. The van der Waals surface area contributed by atoms with E-state index in [9.17, 15) is 9.59 Å². The summed E-state index contributed by atoms with van der Waals surface area (Å²) in [5, 5.41) is 6.14. The zero-order valence-electron chi connectivity index (χ0n) is 14.0. The fraction of sp³-hybridized carbons (Fsp3) is 0.222. The minimum Gasteiger partial charge on any atom is -0.355 e. The monoisotopic (exact) mass is 380 g/mol. The molecule has 0 aromatic heterocycles. The minimum atomic E-state index is -0.172. The largest absolute Gasteiger partial charge is 0.355 e. The van der Waals surface area contributed by atoms with Gasteiger partial charge in [0.05, 0.1) is 22.8 Å². The topological polar surface area (TPSA) is 62.6 Å². The van der Waals surface area contributed by atoms with Crippen molar-refractivity contribution >= 4 is 40.7 Å². The highest BCUT2D eigenvalue weighted by atomic mass is 35.5. The number of likely N-dealkylation sites (N-methyl/N-ethyl adjacent to an activating group) is 1. The predicted octanol–water partition coefficient (Wildman–Crippen LogP) is 2.01. The van der Waals surface area contributed by atoms with Crippen LogP contribution in [0.25, 0.3) is 0 Å². The first kappa shape index (κ1) is 19.2. The highest BCUT2D eigenvalue weighted by Gasteiger charge is 2.14. The number of carbonyl (C=O) groups is 2. The van der Waals surface area contributed by atoms with Crippen LogP contribution in [0.2, 0.25) is 10.0 Å².